The zero-order chi connectivity index (χ0) is 25.5. The number of hydrogen-bond donors (Lipinski definition) is 9. The van der Waals surface area contributed by atoms with E-state index < -0.39 is 23.5 Å². The van der Waals surface area contributed by atoms with Gasteiger partial charge >= 0.3 is 195 Å². The van der Waals surface area contributed by atoms with E-state index in [9.17, 15) is 0 Å². The molecule has 0 heterocycles. The molecule has 0 bridgehead atoms. The molecule has 25 heteroatoms. The maximum absolute atomic E-state index is 8.88. The Hall–Kier alpha value is 2.70. The van der Waals surface area contributed by atoms with Crippen LogP contribution in [-0.4, -0.2) is 44.0 Å². The van der Waals surface area contributed by atoms with Crippen LogP contribution in [0.25, 0.3) is 0 Å². The van der Waals surface area contributed by atoms with Gasteiger partial charge in [-0.2, -0.15) is 0 Å². The van der Waals surface area contributed by atoms with Gasteiger partial charge in [0.05, 0.1) is 0 Å². The van der Waals surface area contributed by atoms with Crippen LogP contribution in [-0.2, 0) is 30.8 Å². The van der Waals surface area contributed by atoms with E-state index in [1.165, 1.54) is 0 Å². The van der Waals surface area contributed by atoms with Crippen molar-refractivity contribution in [2.75, 3.05) is 0 Å². The molecular weight excluding hydrogens is 614 g/mol. The van der Waals surface area contributed by atoms with Crippen molar-refractivity contribution in [1.29, 1.82) is 31.6 Å². The molecular formula is C6H9FeK3N6O12P3. The maximum Gasteiger partial charge on any atom is 3.00 e. The average Bonchev–Trinajstić information content (AvgIpc) is 2.54. The smallest absolute Gasteiger partial charge is 0.512 e. The first kappa shape index (κ1) is 84.1. The molecule has 0 spiro atoms. The molecule has 0 rings (SSSR count). The van der Waals surface area contributed by atoms with Gasteiger partial charge in [-0.1, -0.05) is 0 Å². The van der Waals surface area contributed by atoms with Crippen LogP contribution in [0.3, 0.4) is 0 Å². The molecule has 0 aromatic rings. The van der Waals surface area contributed by atoms with E-state index in [0.29, 0.717) is 0 Å². The third-order valence-electron chi connectivity index (χ3n) is 0. The first-order chi connectivity index (χ1) is 12.0. The van der Waals surface area contributed by atoms with Crippen molar-refractivity contribution in [1.82, 2.24) is 0 Å². The summed E-state index contributed by atoms with van der Waals surface area (Å²) in [5, 5.41) is 37.5. The van der Waals surface area contributed by atoms with Crippen LogP contribution in [0.15, 0.2) is 0 Å². The van der Waals surface area contributed by atoms with Crippen molar-refractivity contribution >= 4 is 23.5 Å². The first-order valence-corrected chi connectivity index (χ1v) is 8.38. The fourth-order valence-electron chi connectivity index (χ4n) is 0. The molecule has 0 aliphatic heterocycles. The second kappa shape index (κ2) is 76.7. The summed E-state index contributed by atoms with van der Waals surface area (Å²) >= 11 is 0. The zero-order valence-electron chi connectivity index (χ0n) is 15.6. The van der Waals surface area contributed by atoms with Crippen molar-refractivity contribution < 1.29 is 229 Å². The molecule has 0 aliphatic rings. The molecule has 0 fully saturated rings. The van der Waals surface area contributed by atoms with Crippen LogP contribution < -0.4 is 154 Å². The van der Waals surface area contributed by atoms with E-state index in [0.717, 1.165) is 0 Å². The van der Waals surface area contributed by atoms with Crippen LogP contribution in [0.4, 0.5) is 0 Å². The van der Waals surface area contributed by atoms with Gasteiger partial charge in [0.25, 0.3) is 0 Å². The topological polar surface area (TPSA) is 376 Å². The fraction of sp³-hybridized carbons (Fsp3) is 0. The molecule has 31 heavy (non-hydrogen) atoms. The van der Waals surface area contributed by atoms with E-state index in [1.807, 2.05) is 0 Å². The van der Waals surface area contributed by atoms with Crippen LogP contribution in [0, 0.1) is 71.0 Å². The van der Waals surface area contributed by atoms with Gasteiger partial charge in [0.1, 0.15) is 0 Å². The molecule has 161 valence electrons. The number of hydrogen-bond acceptors (Lipinski definition) is 9. The fourth-order valence-corrected chi connectivity index (χ4v) is 0. The van der Waals surface area contributed by atoms with Gasteiger partial charge in [0, 0.05) is 0 Å². The number of rotatable bonds is 0. The normalized spacial score (nSPS) is 6.10. The molecule has 18 nitrogen and oxygen atoms in total. The predicted octanol–water partition coefficient (Wildman–Crippen LogP) is -11.2. The van der Waals surface area contributed by atoms with Crippen LogP contribution in [0.2, 0.25) is 0 Å². The summed E-state index contributed by atoms with van der Waals surface area (Å²) in [6.07, 6.45) is 0. The quantitative estimate of drug-likeness (QED) is 0.0687. The van der Waals surface area contributed by atoms with Gasteiger partial charge in [0.2, 0.25) is 0 Å². The Labute approximate surface area is 316 Å². The van der Waals surface area contributed by atoms with Crippen LogP contribution in [0.5, 0.6) is 0 Å². The Morgan fingerprint density at radius 2 is 0.355 bits per heavy atom. The standard InChI is InChI=1S/6CN.Fe.3K.3H3O4P/c6*1-2;;;;;3*1-5(2,3)4/h;;;;;;;;;;3*(H3,1,2,3,4)/q6*-1;+3;3*+1;;;. The Morgan fingerprint density at radius 3 is 0.355 bits per heavy atom. The van der Waals surface area contributed by atoms with E-state index in [-0.39, 0.29) is 171 Å². The van der Waals surface area contributed by atoms with Crippen LogP contribution in [0.1, 0.15) is 0 Å². The summed E-state index contributed by atoms with van der Waals surface area (Å²) in [6.45, 7) is 28.5. The van der Waals surface area contributed by atoms with Gasteiger partial charge in [0.15, 0.2) is 0 Å². The molecule has 0 aromatic heterocycles. The van der Waals surface area contributed by atoms with Crippen molar-refractivity contribution in [2.24, 2.45) is 0 Å². The molecule has 0 aromatic carbocycles. The summed E-state index contributed by atoms with van der Waals surface area (Å²) in [5.41, 5.74) is 0. The van der Waals surface area contributed by atoms with Crippen molar-refractivity contribution in [3.63, 3.8) is 0 Å². The Bertz CT molecular complexity index is 423. The molecule has 0 saturated heterocycles. The van der Waals surface area contributed by atoms with Crippen molar-refractivity contribution in [3.8, 4) is 0 Å². The molecule has 0 atom stereocenters. The summed E-state index contributed by atoms with van der Waals surface area (Å²) < 4.78 is 26.6. The van der Waals surface area contributed by atoms with Gasteiger partial charge < -0.3 is 115 Å². The van der Waals surface area contributed by atoms with Gasteiger partial charge in [-0.25, -0.2) is 13.7 Å². The monoisotopic (exact) mass is 623 g/mol. The van der Waals surface area contributed by atoms with Crippen LogP contribution >= 0.6 is 23.5 Å². The molecule has 0 amide bonds. The molecule has 9 N–H and O–H groups in total. The van der Waals surface area contributed by atoms with E-state index >= 15 is 0 Å². The zero-order valence-corrected chi connectivity index (χ0v) is 28.8. The minimum absolute atomic E-state index is 0. The van der Waals surface area contributed by atoms with E-state index in [4.69, 9.17) is 129 Å². The summed E-state index contributed by atoms with van der Waals surface area (Å²) in [7, 11) is -13.9. The largest absolute Gasteiger partial charge is 3.00 e. The van der Waals surface area contributed by atoms with E-state index in [2.05, 4.69) is 0 Å². The minimum Gasteiger partial charge on any atom is -0.512 e. The second-order valence-electron chi connectivity index (χ2n) is 1.54. The van der Waals surface area contributed by atoms with Crippen molar-refractivity contribution in [2.45, 2.75) is 0 Å². The number of phosphoric acid groups is 3. The summed E-state index contributed by atoms with van der Waals surface area (Å²) in [4.78, 5) is 64.7. The molecule has 0 saturated carbocycles. The Morgan fingerprint density at radius 1 is 0.355 bits per heavy atom. The third-order valence-corrected chi connectivity index (χ3v) is 0. The first-order valence-electron chi connectivity index (χ1n) is 3.69. The average molecular weight is 623 g/mol. The summed E-state index contributed by atoms with van der Waals surface area (Å²) in [5.74, 6) is 0. The van der Waals surface area contributed by atoms with Gasteiger partial charge in [-0.3, -0.25) is 0 Å². The molecule has 0 aliphatic carbocycles. The summed E-state index contributed by atoms with van der Waals surface area (Å²) in [6, 6.07) is 0. The van der Waals surface area contributed by atoms with Gasteiger partial charge in [-0.05, 0) is 0 Å². The van der Waals surface area contributed by atoms with Gasteiger partial charge in [-0.15, -0.1) is 0 Å². The Balaban J connectivity index is -0.0000000109. The maximum atomic E-state index is 8.88. The Kier molecular flexibility index (Phi) is 208. The minimum atomic E-state index is -4.64. The van der Waals surface area contributed by atoms with Crippen molar-refractivity contribution in [3.05, 3.63) is 39.4 Å². The second-order valence-corrected chi connectivity index (χ2v) is 4.62. The molecule has 0 unspecified atom stereocenters. The van der Waals surface area contributed by atoms with E-state index in [1.54, 1.807) is 0 Å². The third kappa shape index (κ3) is 4230. The molecule has 1 radical (unpaired) electrons. The predicted molar refractivity (Wildman–Crippen MR) is 72.6 cm³/mol. The number of nitrogens with zero attached hydrogens (tertiary/aromatic N) is 6. The SMILES string of the molecule is O=P(O)(O)O.O=P(O)(O)O.O=P(O)(O)O.[C-]#N.[C-]#N.[C-]#N.[C-]#N.[C-]#N.[C-]#N.[Fe+3].[K+].[K+].[K+].